The molecule has 1 amide bonds. The van der Waals surface area contributed by atoms with Crippen molar-refractivity contribution in [1.29, 1.82) is 0 Å². The molecule has 1 heterocycles. The molecular formula is C19H28N2O6. The van der Waals surface area contributed by atoms with Crippen LogP contribution < -0.4 is 4.74 Å². The summed E-state index contributed by atoms with van der Waals surface area (Å²) in [6.07, 6.45) is 1.16. The molecule has 0 spiro atoms. The molecule has 0 aliphatic carbocycles. The Bertz CT molecular complexity index is 612. The summed E-state index contributed by atoms with van der Waals surface area (Å²) in [6, 6.07) is 8.40. The van der Waals surface area contributed by atoms with Crippen LogP contribution in [0.4, 0.5) is 0 Å². The topological polar surface area (TPSA) is 107 Å². The fraction of sp³-hybridized carbons (Fsp3) is 0.526. The van der Waals surface area contributed by atoms with E-state index in [1.165, 1.54) is 5.56 Å². The van der Waals surface area contributed by atoms with Crippen molar-refractivity contribution < 1.29 is 29.3 Å². The Hall–Kier alpha value is -2.61. The van der Waals surface area contributed by atoms with Gasteiger partial charge in [0, 0.05) is 32.2 Å². The Morgan fingerprint density at radius 1 is 1.04 bits per heavy atom. The summed E-state index contributed by atoms with van der Waals surface area (Å²) in [5, 5.41) is 14.8. The summed E-state index contributed by atoms with van der Waals surface area (Å²) in [4.78, 5) is 34.7. The van der Waals surface area contributed by atoms with Crippen LogP contribution in [0.25, 0.3) is 0 Å². The van der Waals surface area contributed by atoms with Crippen molar-refractivity contribution in [3.63, 3.8) is 0 Å². The molecule has 0 aromatic heterocycles. The normalized spacial score (nSPS) is 15.3. The first-order chi connectivity index (χ1) is 12.7. The van der Waals surface area contributed by atoms with E-state index in [1.54, 1.807) is 0 Å². The van der Waals surface area contributed by atoms with Gasteiger partial charge in [0.05, 0.1) is 0 Å². The van der Waals surface area contributed by atoms with Crippen LogP contribution in [0.1, 0.15) is 25.8 Å². The Morgan fingerprint density at radius 2 is 1.56 bits per heavy atom. The number of hydrogen-bond donors (Lipinski definition) is 2. The minimum Gasteiger partial charge on any atom is -0.484 e. The number of nitrogens with zero attached hydrogens (tertiary/aromatic N) is 2. The van der Waals surface area contributed by atoms with Gasteiger partial charge in [-0.25, -0.2) is 9.59 Å². The van der Waals surface area contributed by atoms with Crippen molar-refractivity contribution in [2.45, 2.75) is 33.2 Å². The van der Waals surface area contributed by atoms with Crippen LogP contribution in [-0.4, -0.2) is 76.7 Å². The van der Waals surface area contributed by atoms with Crippen LogP contribution in [0, 0.1) is 6.92 Å². The molecule has 1 fully saturated rings. The molecule has 2 N–H and O–H groups in total. The van der Waals surface area contributed by atoms with Crippen LogP contribution in [0.5, 0.6) is 5.75 Å². The summed E-state index contributed by atoms with van der Waals surface area (Å²) in [6.45, 7) is 10.2. The zero-order chi connectivity index (χ0) is 20.4. The quantitative estimate of drug-likeness (QED) is 0.745. The van der Waals surface area contributed by atoms with Gasteiger partial charge in [0.25, 0.3) is 5.91 Å². The summed E-state index contributed by atoms with van der Waals surface area (Å²) in [5.74, 6) is -2.81. The van der Waals surface area contributed by atoms with E-state index in [0.717, 1.165) is 38.3 Å². The Labute approximate surface area is 159 Å². The van der Waals surface area contributed by atoms with Crippen molar-refractivity contribution in [1.82, 2.24) is 9.80 Å². The summed E-state index contributed by atoms with van der Waals surface area (Å²) in [5.41, 5.74) is 1.19. The highest BCUT2D eigenvalue weighted by Gasteiger charge is 2.23. The fourth-order valence-corrected chi connectivity index (χ4v) is 2.54. The summed E-state index contributed by atoms with van der Waals surface area (Å²) >= 11 is 0. The van der Waals surface area contributed by atoms with Gasteiger partial charge < -0.3 is 19.8 Å². The molecule has 27 heavy (non-hydrogen) atoms. The number of hydrogen-bond acceptors (Lipinski definition) is 5. The average Bonchev–Trinajstić information content (AvgIpc) is 2.67. The molecule has 8 heteroatoms. The summed E-state index contributed by atoms with van der Waals surface area (Å²) < 4.78 is 5.57. The van der Waals surface area contributed by atoms with Crippen molar-refractivity contribution in [3.8, 4) is 5.75 Å². The molecule has 1 atom stereocenters. The molecule has 1 aliphatic heterocycles. The van der Waals surface area contributed by atoms with Crippen LogP contribution in [0.3, 0.4) is 0 Å². The van der Waals surface area contributed by atoms with E-state index in [9.17, 15) is 4.79 Å². The highest BCUT2D eigenvalue weighted by atomic mass is 16.5. The van der Waals surface area contributed by atoms with E-state index in [2.05, 4.69) is 18.7 Å². The number of aryl methyl sites for hydroxylation is 1. The number of ether oxygens (including phenoxy) is 1. The van der Waals surface area contributed by atoms with E-state index >= 15 is 0 Å². The second-order valence-corrected chi connectivity index (χ2v) is 6.39. The molecular weight excluding hydrogens is 352 g/mol. The second kappa shape index (κ2) is 11.2. The van der Waals surface area contributed by atoms with Gasteiger partial charge >= 0.3 is 11.9 Å². The highest BCUT2D eigenvalue weighted by Crippen LogP contribution is 2.12. The third kappa shape index (κ3) is 8.08. The number of rotatable bonds is 5. The van der Waals surface area contributed by atoms with Gasteiger partial charge in [-0.1, -0.05) is 24.6 Å². The lowest BCUT2D eigenvalue weighted by Crippen LogP contribution is -2.52. The van der Waals surface area contributed by atoms with Gasteiger partial charge in [0.1, 0.15) is 5.75 Å². The minimum absolute atomic E-state index is 0.0828. The Balaban J connectivity index is 0.000000527. The third-order valence-electron chi connectivity index (χ3n) is 4.45. The second-order valence-electron chi connectivity index (χ2n) is 6.39. The van der Waals surface area contributed by atoms with Gasteiger partial charge in [-0.2, -0.15) is 0 Å². The third-order valence-corrected chi connectivity index (χ3v) is 4.45. The first-order valence-corrected chi connectivity index (χ1v) is 8.92. The van der Waals surface area contributed by atoms with Gasteiger partial charge in [0.2, 0.25) is 0 Å². The molecule has 2 rings (SSSR count). The number of carbonyl (C=O) groups is 3. The predicted molar refractivity (Wildman–Crippen MR) is 99.9 cm³/mol. The molecule has 1 saturated heterocycles. The van der Waals surface area contributed by atoms with Gasteiger partial charge in [-0.15, -0.1) is 0 Å². The first-order valence-electron chi connectivity index (χ1n) is 8.92. The standard InChI is InChI=1S/C17H26N2O2.C2H2O4/c1-4-15(3)18-9-11-19(12-10-18)17(20)13-21-16-7-5-14(2)6-8-16;3-1(4)2(5)6/h5-8,15H,4,9-13H2,1-3H3;(H,3,4)(H,5,6). The monoisotopic (exact) mass is 380 g/mol. The highest BCUT2D eigenvalue weighted by molar-refractivity contribution is 6.27. The van der Waals surface area contributed by atoms with Gasteiger partial charge in [-0.3, -0.25) is 9.69 Å². The van der Waals surface area contributed by atoms with Crippen molar-refractivity contribution >= 4 is 17.8 Å². The van der Waals surface area contributed by atoms with Crippen LogP contribution >= 0.6 is 0 Å². The van der Waals surface area contributed by atoms with E-state index in [0.29, 0.717) is 6.04 Å². The first kappa shape index (κ1) is 22.4. The number of carboxylic acid groups (broad SMARTS) is 2. The molecule has 0 saturated carbocycles. The van der Waals surface area contributed by atoms with E-state index in [1.807, 2.05) is 36.1 Å². The molecule has 0 bridgehead atoms. The molecule has 1 aromatic carbocycles. The summed E-state index contributed by atoms with van der Waals surface area (Å²) in [7, 11) is 0. The van der Waals surface area contributed by atoms with Gasteiger partial charge in [-0.05, 0) is 32.4 Å². The van der Waals surface area contributed by atoms with E-state index in [-0.39, 0.29) is 12.5 Å². The minimum atomic E-state index is -1.82. The maximum absolute atomic E-state index is 12.2. The maximum Gasteiger partial charge on any atom is 0.414 e. The largest absolute Gasteiger partial charge is 0.484 e. The molecule has 1 aromatic rings. The zero-order valence-corrected chi connectivity index (χ0v) is 16.1. The lowest BCUT2D eigenvalue weighted by Gasteiger charge is -2.37. The number of amides is 1. The SMILES string of the molecule is CCC(C)N1CCN(C(=O)COc2ccc(C)cc2)CC1.O=C(O)C(=O)O. The molecule has 8 nitrogen and oxygen atoms in total. The van der Waals surface area contributed by atoms with Crippen LogP contribution in [-0.2, 0) is 14.4 Å². The van der Waals surface area contributed by atoms with E-state index in [4.69, 9.17) is 24.5 Å². The van der Waals surface area contributed by atoms with Crippen LogP contribution in [0.2, 0.25) is 0 Å². The van der Waals surface area contributed by atoms with E-state index < -0.39 is 11.9 Å². The van der Waals surface area contributed by atoms with Crippen molar-refractivity contribution in [3.05, 3.63) is 29.8 Å². The van der Waals surface area contributed by atoms with Gasteiger partial charge in [0.15, 0.2) is 6.61 Å². The van der Waals surface area contributed by atoms with Crippen molar-refractivity contribution in [2.75, 3.05) is 32.8 Å². The maximum atomic E-state index is 12.2. The molecule has 1 unspecified atom stereocenters. The number of piperazine rings is 1. The Morgan fingerprint density at radius 3 is 2.00 bits per heavy atom. The lowest BCUT2D eigenvalue weighted by atomic mass is 10.2. The molecule has 150 valence electrons. The molecule has 0 radical (unpaired) electrons. The fourth-order valence-electron chi connectivity index (χ4n) is 2.54. The Kier molecular flexibility index (Phi) is 9.29. The number of carbonyl (C=O) groups excluding carboxylic acids is 1. The molecule has 1 aliphatic rings. The lowest BCUT2D eigenvalue weighted by molar-refractivity contribution is -0.159. The van der Waals surface area contributed by atoms with Crippen LogP contribution in [0.15, 0.2) is 24.3 Å². The number of carboxylic acids is 2. The van der Waals surface area contributed by atoms with Crippen molar-refractivity contribution in [2.24, 2.45) is 0 Å². The number of aliphatic carboxylic acids is 2. The predicted octanol–water partition coefficient (Wildman–Crippen LogP) is 1.47. The smallest absolute Gasteiger partial charge is 0.414 e. The average molecular weight is 380 g/mol. The zero-order valence-electron chi connectivity index (χ0n) is 16.1. The number of benzene rings is 1.